The highest BCUT2D eigenvalue weighted by molar-refractivity contribution is 5.76. The largest absolute Gasteiger partial charge is 0.497 e. The first kappa shape index (κ1) is 14.2. The maximum absolute atomic E-state index is 12.7. The van der Waals surface area contributed by atoms with Gasteiger partial charge in [-0.2, -0.15) is 13.2 Å². The van der Waals surface area contributed by atoms with Gasteiger partial charge in [-0.05, 0) is 37.8 Å². The highest BCUT2D eigenvalue weighted by atomic mass is 19.4. The molecule has 3 rings (SSSR count). The molecule has 1 saturated carbocycles. The molecule has 0 bridgehead atoms. The Morgan fingerprint density at radius 2 is 1.90 bits per heavy atom. The van der Waals surface area contributed by atoms with Crippen molar-refractivity contribution in [3.63, 3.8) is 0 Å². The molecule has 0 unspecified atom stereocenters. The first-order valence-electron chi connectivity index (χ1n) is 7.07. The zero-order valence-electron chi connectivity index (χ0n) is 11.7. The zero-order chi connectivity index (χ0) is 15.0. The Hall–Kier alpha value is -1.72. The molecule has 0 atom stereocenters. The van der Waals surface area contributed by atoms with Gasteiger partial charge in [0.15, 0.2) is 0 Å². The number of H-pyrrole nitrogens is 1. The fourth-order valence-corrected chi connectivity index (χ4v) is 3.02. The number of imidazole rings is 1. The van der Waals surface area contributed by atoms with Crippen molar-refractivity contribution in [2.45, 2.75) is 37.8 Å². The van der Waals surface area contributed by atoms with Crippen molar-refractivity contribution in [1.29, 1.82) is 0 Å². The van der Waals surface area contributed by atoms with Gasteiger partial charge in [-0.25, -0.2) is 4.98 Å². The van der Waals surface area contributed by atoms with Gasteiger partial charge in [-0.3, -0.25) is 0 Å². The minimum absolute atomic E-state index is 0.0852. The second-order valence-corrected chi connectivity index (χ2v) is 5.60. The van der Waals surface area contributed by atoms with Gasteiger partial charge in [0.25, 0.3) is 0 Å². The Morgan fingerprint density at radius 3 is 2.52 bits per heavy atom. The number of nitrogens with one attached hydrogen (secondary N) is 1. The molecular weight excluding hydrogens is 281 g/mol. The smallest absolute Gasteiger partial charge is 0.391 e. The number of aromatic amines is 1. The van der Waals surface area contributed by atoms with Crippen LogP contribution in [0.2, 0.25) is 0 Å². The number of nitrogens with zero attached hydrogens (tertiary/aromatic N) is 1. The second-order valence-electron chi connectivity index (χ2n) is 5.60. The molecule has 21 heavy (non-hydrogen) atoms. The number of methoxy groups -OCH3 is 1. The van der Waals surface area contributed by atoms with E-state index in [1.165, 1.54) is 0 Å². The number of fused-ring (bicyclic) bond motifs is 1. The molecule has 3 nitrogen and oxygen atoms in total. The van der Waals surface area contributed by atoms with Crippen molar-refractivity contribution in [2.24, 2.45) is 5.92 Å². The number of benzene rings is 1. The Kier molecular flexibility index (Phi) is 3.55. The monoisotopic (exact) mass is 298 g/mol. The maximum Gasteiger partial charge on any atom is 0.391 e. The SMILES string of the molecule is COc1ccc2nc(C3CCC(C(F)(F)F)CC3)[nH]c2c1. The van der Waals surface area contributed by atoms with Crippen molar-refractivity contribution >= 4 is 11.0 Å². The number of ether oxygens (including phenoxy) is 1. The number of alkyl halides is 3. The van der Waals surface area contributed by atoms with Gasteiger partial charge in [0, 0.05) is 12.0 Å². The van der Waals surface area contributed by atoms with Gasteiger partial charge in [0.1, 0.15) is 11.6 Å². The van der Waals surface area contributed by atoms with Crippen molar-refractivity contribution in [2.75, 3.05) is 7.11 Å². The maximum atomic E-state index is 12.7. The van der Waals surface area contributed by atoms with Gasteiger partial charge in [0.05, 0.1) is 24.1 Å². The molecule has 1 heterocycles. The van der Waals surface area contributed by atoms with Crippen LogP contribution in [0.1, 0.15) is 37.4 Å². The van der Waals surface area contributed by atoms with Crippen LogP contribution in [0, 0.1) is 5.92 Å². The molecule has 1 aliphatic carbocycles. The van der Waals surface area contributed by atoms with Crippen molar-refractivity contribution in [1.82, 2.24) is 9.97 Å². The summed E-state index contributed by atoms with van der Waals surface area (Å²) < 4.78 is 43.2. The Labute approximate surface area is 120 Å². The molecule has 0 radical (unpaired) electrons. The predicted octanol–water partition coefficient (Wildman–Crippen LogP) is 4.41. The van der Waals surface area contributed by atoms with E-state index in [9.17, 15) is 13.2 Å². The van der Waals surface area contributed by atoms with Crippen LogP contribution in [0.25, 0.3) is 11.0 Å². The van der Waals surface area contributed by atoms with Gasteiger partial charge in [-0.1, -0.05) is 0 Å². The summed E-state index contributed by atoms with van der Waals surface area (Å²) in [6.07, 6.45) is -2.63. The third-order valence-electron chi connectivity index (χ3n) is 4.28. The molecule has 1 aliphatic rings. The lowest BCUT2D eigenvalue weighted by Gasteiger charge is -2.28. The zero-order valence-corrected chi connectivity index (χ0v) is 11.7. The van der Waals surface area contributed by atoms with E-state index in [0.717, 1.165) is 22.6 Å². The molecule has 1 aromatic carbocycles. The lowest BCUT2D eigenvalue weighted by atomic mass is 9.81. The van der Waals surface area contributed by atoms with E-state index in [4.69, 9.17) is 4.74 Å². The lowest BCUT2D eigenvalue weighted by Crippen LogP contribution is -2.27. The number of hydrogen-bond donors (Lipinski definition) is 1. The summed E-state index contributed by atoms with van der Waals surface area (Å²) in [5.74, 6) is 0.456. The van der Waals surface area contributed by atoms with Gasteiger partial charge in [0.2, 0.25) is 0 Å². The highest BCUT2D eigenvalue weighted by Crippen LogP contribution is 2.42. The summed E-state index contributed by atoms with van der Waals surface area (Å²) in [5.41, 5.74) is 1.69. The van der Waals surface area contributed by atoms with E-state index in [2.05, 4.69) is 9.97 Å². The van der Waals surface area contributed by atoms with Gasteiger partial charge >= 0.3 is 6.18 Å². The lowest BCUT2D eigenvalue weighted by molar-refractivity contribution is -0.182. The molecule has 2 aromatic rings. The normalized spacial score (nSPS) is 23.4. The van der Waals surface area contributed by atoms with E-state index >= 15 is 0 Å². The molecule has 1 fully saturated rings. The molecule has 0 spiro atoms. The summed E-state index contributed by atoms with van der Waals surface area (Å²) in [4.78, 5) is 7.73. The molecule has 1 aromatic heterocycles. The van der Waals surface area contributed by atoms with Crippen molar-refractivity contribution in [3.05, 3.63) is 24.0 Å². The minimum atomic E-state index is -4.06. The summed E-state index contributed by atoms with van der Waals surface area (Å²) >= 11 is 0. The average molecular weight is 298 g/mol. The van der Waals surface area contributed by atoms with E-state index < -0.39 is 12.1 Å². The highest BCUT2D eigenvalue weighted by Gasteiger charge is 2.41. The van der Waals surface area contributed by atoms with E-state index in [1.807, 2.05) is 18.2 Å². The van der Waals surface area contributed by atoms with Gasteiger partial charge < -0.3 is 9.72 Å². The van der Waals surface area contributed by atoms with Crippen LogP contribution in [0.3, 0.4) is 0 Å². The van der Waals surface area contributed by atoms with Crippen LogP contribution in [0.15, 0.2) is 18.2 Å². The summed E-state index contributed by atoms with van der Waals surface area (Å²) in [5, 5.41) is 0. The van der Waals surface area contributed by atoms with E-state index in [-0.39, 0.29) is 18.8 Å². The third-order valence-corrected chi connectivity index (χ3v) is 4.28. The first-order valence-corrected chi connectivity index (χ1v) is 7.07. The Balaban J connectivity index is 1.76. The van der Waals surface area contributed by atoms with Crippen LogP contribution < -0.4 is 4.74 Å². The third kappa shape index (κ3) is 2.84. The minimum Gasteiger partial charge on any atom is -0.497 e. The number of hydrogen-bond acceptors (Lipinski definition) is 2. The molecule has 0 amide bonds. The summed E-state index contributed by atoms with van der Waals surface area (Å²) in [6, 6.07) is 5.54. The second kappa shape index (κ2) is 5.24. The van der Waals surface area contributed by atoms with Crippen LogP contribution in [-0.4, -0.2) is 23.3 Å². The fourth-order valence-electron chi connectivity index (χ4n) is 3.02. The molecular formula is C15H17F3N2O. The fraction of sp³-hybridized carbons (Fsp3) is 0.533. The quantitative estimate of drug-likeness (QED) is 0.892. The van der Waals surface area contributed by atoms with Crippen LogP contribution >= 0.6 is 0 Å². The molecule has 114 valence electrons. The van der Waals surface area contributed by atoms with E-state index in [0.29, 0.717) is 12.8 Å². The molecule has 0 saturated heterocycles. The standard InChI is InChI=1S/C15H17F3N2O/c1-21-11-6-7-12-13(8-11)20-14(19-12)9-2-4-10(5-3-9)15(16,17)18/h6-10H,2-5H2,1H3,(H,19,20). The van der Waals surface area contributed by atoms with Crippen LogP contribution in [0.4, 0.5) is 13.2 Å². The molecule has 6 heteroatoms. The molecule has 1 N–H and O–H groups in total. The average Bonchev–Trinajstić information content (AvgIpc) is 2.89. The topological polar surface area (TPSA) is 37.9 Å². The van der Waals surface area contributed by atoms with Crippen LogP contribution in [0.5, 0.6) is 5.75 Å². The van der Waals surface area contributed by atoms with Gasteiger partial charge in [-0.15, -0.1) is 0 Å². The van der Waals surface area contributed by atoms with Crippen molar-refractivity contribution < 1.29 is 17.9 Å². The Morgan fingerprint density at radius 1 is 1.19 bits per heavy atom. The first-order chi connectivity index (χ1) is 9.97. The van der Waals surface area contributed by atoms with Crippen molar-refractivity contribution in [3.8, 4) is 5.75 Å². The Bertz CT molecular complexity index is 627. The van der Waals surface area contributed by atoms with E-state index in [1.54, 1.807) is 7.11 Å². The predicted molar refractivity (Wildman–Crippen MR) is 73.4 cm³/mol. The number of aromatic nitrogens is 2. The summed E-state index contributed by atoms with van der Waals surface area (Å²) in [7, 11) is 1.59. The molecule has 0 aliphatic heterocycles. The number of halogens is 3. The number of rotatable bonds is 2. The summed E-state index contributed by atoms with van der Waals surface area (Å²) in [6.45, 7) is 0. The van der Waals surface area contributed by atoms with Crippen LogP contribution in [-0.2, 0) is 0 Å².